The predicted molar refractivity (Wildman–Crippen MR) is 92.3 cm³/mol. The lowest BCUT2D eigenvalue weighted by Crippen LogP contribution is -2.35. The van der Waals surface area contributed by atoms with Crippen LogP contribution >= 0.6 is 0 Å². The standard InChI is InChI=1S/C18H23N5O2/c1-21(8-6-14-10-20-22(2)11-14)18(25)15-9-17(24)23(12-15)13-16-5-3-4-7-19-16/h3-5,7,10-11,15H,6,8-9,12-13H2,1-2H3/t15-/m1/s1. The molecule has 3 heterocycles. The predicted octanol–water partition coefficient (Wildman–Crippen LogP) is 0.865. The summed E-state index contributed by atoms with van der Waals surface area (Å²) in [5.74, 6) is -0.222. The minimum Gasteiger partial charge on any atom is -0.345 e. The van der Waals surface area contributed by atoms with Crippen molar-refractivity contribution in [1.82, 2.24) is 24.6 Å². The van der Waals surface area contributed by atoms with E-state index < -0.39 is 0 Å². The van der Waals surface area contributed by atoms with E-state index in [1.807, 2.05) is 37.6 Å². The van der Waals surface area contributed by atoms with Crippen molar-refractivity contribution in [3.8, 4) is 0 Å². The summed E-state index contributed by atoms with van der Waals surface area (Å²) in [6.07, 6.45) is 6.51. The highest BCUT2D eigenvalue weighted by molar-refractivity contribution is 5.89. The van der Waals surface area contributed by atoms with Crippen molar-refractivity contribution in [1.29, 1.82) is 0 Å². The van der Waals surface area contributed by atoms with Crippen LogP contribution in [0.5, 0.6) is 0 Å². The van der Waals surface area contributed by atoms with E-state index in [4.69, 9.17) is 0 Å². The summed E-state index contributed by atoms with van der Waals surface area (Å²) in [7, 11) is 3.67. The van der Waals surface area contributed by atoms with Crippen molar-refractivity contribution >= 4 is 11.8 Å². The Labute approximate surface area is 147 Å². The molecule has 3 rings (SSSR count). The highest BCUT2D eigenvalue weighted by atomic mass is 16.2. The summed E-state index contributed by atoms with van der Waals surface area (Å²) in [4.78, 5) is 32.5. The van der Waals surface area contributed by atoms with Crippen LogP contribution < -0.4 is 0 Å². The maximum Gasteiger partial charge on any atom is 0.227 e. The van der Waals surface area contributed by atoms with Gasteiger partial charge in [0.25, 0.3) is 0 Å². The molecule has 2 aromatic heterocycles. The number of rotatable bonds is 6. The van der Waals surface area contributed by atoms with Crippen LogP contribution in [0.1, 0.15) is 17.7 Å². The van der Waals surface area contributed by atoms with E-state index in [1.165, 1.54) is 0 Å². The minimum absolute atomic E-state index is 0.0182. The number of likely N-dealkylation sites (tertiary alicyclic amines) is 1. The summed E-state index contributed by atoms with van der Waals surface area (Å²) >= 11 is 0. The zero-order valence-corrected chi connectivity index (χ0v) is 14.6. The second-order valence-corrected chi connectivity index (χ2v) is 6.53. The Bertz CT molecular complexity index is 743. The maximum absolute atomic E-state index is 12.6. The largest absolute Gasteiger partial charge is 0.345 e. The number of likely N-dealkylation sites (N-methyl/N-ethyl adjacent to an activating group) is 1. The molecule has 1 fully saturated rings. The number of hydrogen-bond donors (Lipinski definition) is 0. The number of nitrogens with zero attached hydrogens (tertiary/aromatic N) is 5. The van der Waals surface area contributed by atoms with Crippen LogP contribution in [0.4, 0.5) is 0 Å². The zero-order chi connectivity index (χ0) is 17.8. The molecule has 2 amide bonds. The Kier molecular flexibility index (Phi) is 5.11. The van der Waals surface area contributed by atoms with Gasteiger partial charge in [-0.1, -0.05) is 6.07 Å². The van der Waals surface area contributed by atoms with Gasteiger partial charge in [0.15, 0.2) is 0 Å². The Morgan fingerprint density at radius 3 is 2.92 bits per heavy atom. The fourth-order valence-corrected chi connectivity index (χ4v) is 3.10. The molecule has 0 spiro atoms. The third-order valence-electron chi connectivity index (χ3n) is 4.51. The highest BCUT2D eigenvalue weighted by Crippen LogP contribution is 2.21. The Morgan fingerprint density at radius 1 is 1.40 bits per heavy atom. The molecule has 0 radical (unpaired) electrons. The SMILES string of the molecule is CN(CCc1cnn(C)c1)C(=O)[C@@H]1CC(=O)N(Cc2ccccn2)C1. The maximum atomic E-state index is 12.6. The molecule has 2 aromatic rings. The molecule has 0 unspecified atom stereocenters. The lowest BCUT2D eigenvalue weighted by Gasteiger charge is -2.21. The van der Waals surface area contributed by atoms with Crippen molar-refractivity contribution in [3.05, 3.63) is 48.0 Å². The van der Waals surface area contributed by atoms with Gasteiger partial charge in [-0.05, 0) is 24.1 Å². The van der Waals surface area contributed by atoms with E-state index in [0.717, 1.165) is 17.7 Å². The monoisotopic (exact) mass is 341 g/mol. The van der Waals surface area contributed by atoms with Crippen LogP contribution in [-0.2, 0) is 29.6 Å². The van der Waals surface area contributed by atoms with Gasteiger partial charge in [-0.25, -0.2) is 0 Å². The molecule has 1 aliphatic rings. The smallest absolute Gasteiger partial charge is 0.227 e. The van der Waals surface area contributed by atoms with Gasteiger partial charge in [0.05, 0.1) is 24.4 Å². The number of pyridine rings is 1. The second-order valence-electron chi connectivity index (χ2n) is 6.53. The van der Waals surface area contributed by atoms with Gasteiger partial charge < -0.3 is 9.80 Å². The summed E-state index contributed by atoms with van der Waals surface area (Å²) < 4.78 is 1.75. The normalized spacial score (nSPS) is 17.1. The van der Waals surface area contributed by atoms with E-state index in [9.17, 15) is 9.59 Å². The molecule has 132 valence electrons. The molecule has 0 N–H and O–H groups in total. The molecule has 0 bridgehead atoms. The van der Waals surface area contributed by atoms with E-state index in [1.54, 1.807) is 27.7 Å². The van der Waals surface area contributed by atoms with Crippen molar-refractivity contribution in [3.63, 3.8) is 0 Å². The van der Waals surface area contributed by atoms with Gasteiger partial charge in [-0.3, -0.25) is 19.3 Å². The van der Waals surface area contributed by atoms with E-state index in [2.05, 4.69) is 10.1 Å². The molecule has 7 heteroatoms. The lowest BCUT2D eigenvalue weighted by atomic mass is 10.1. The van der Waals surface area contributed by atoms with Crippen molar-refractivity contribution in [2.75, 3.05) is 20.1 Å². The first-order valence-corrected chi connectivity index (χ1v) is 8.43. The van der Waals surface area contributed by atoms with Crippen LogP contribution in [0.15, 0.2) is 36.8 Å². The molecule has 1 aliphatic heterocycles. The number of amides is 2. The first kappa shape index (κ1) is 17.1. The van der Waals surface area contributed by atoms with Gasteiger partial charge in [-0.15, -0.1) is 0 Å². The van der Waals surface area contributed by atoms with Gasteiger partial charge >= 0.3 is 0 Å². The molecule has 0 aromatic carbocycles. The fraction of sp³-hybridized carbons (Fsp3) is 0.444. The third kappa shape index (κ3) is 4.23. The number of carbonyl (C=O) groups excluding carboxylic acids is 2. The Morgan fingerprint density at radius 2 is 2.24 bits per heavy atom. The zero-order valence-electron chi connectivity index (χ0n) is 14.6. The molecule has 0 saturated carbocycles. The van der Waals surface area contributed by atoms with Gasteiger partial charge in [0, 0.05) is 46.0 Å². The lowest BCUT2D eigenvalue weighted by molar-refractivity contribution is -0.134. The van der Waals surface area contributed by atoms with E-state index >= 15 is 0 Å². The number of hydrogen-bond acceptors (Lipinski definition) is 4. The number of aromatic nitrogens is 3. The van der Waals surface area contributed by atoms with Gasteiger partial charge in [0.1, 0.15) is 0 Å². The fourth-order valence-electron chi connectivity index (χ4n) is 3.10. The van der Waals surface area contributed by atoms with Crippen LogP contribution in [0.2, 0.25) is 0 Å². The average molecular weight is 341 g/mol. The summed E-state index contributed by atoms with van der Waals surface area (Å²) in [5, 5.41) is 4.13. The summed E-state index contributed by atoms with van der Waals surface area (Å²) in [5.41, 5.74) is 1.94. The van der Waals surface area contributed by atoms with Crippen LogP contribution in [0.3, 0.4) is 0 Å². The highest BCUT2D eigenvalue weighted by Gasteiger charge is 2.35. The Hall–Kier alpha value is -2.70. The van der Waals surface area contributed by atoms with Crippen molar-refractivity contribution in [2.45, 2.75) is 19.4 Å². The minimum atomic E-state index is -0.268. The second kappa shape index (κ2) is 7.46. The average Bonchev–Trinajstić information content (AvgIpc) is 3.19. The first-order chi connectivity index (χ1) is 12.0. The van der Waals surface area contributed by atoms with Crippen LogP contribution in [0.25, 0.3) is 0 Å². The molecule has 1 atom stereocenters. The molecule has 25 heavy (non-hydrogen) atoms. The number of carbonyl (C=O) groups is 2. The van der Waals surface area contributed by atoms with Crippen molar-refractivity contribution < 1.29 is 9.59 Å². The van der Waals surface area contributed by atoms with E-state index in [-0.39, 0.29) is 24.2 Å². The summed E-state index contributed by atoms with van der Waals surface area (Å²) in [6, 6.07) is 5.64. The van der Waals surface area contributed by atoms with Crippen molar-refractivity contribution in [2.24, 2.45) is 13.0 Å². The molecule has 7 nitrogen and oxygen atoms in total. The third-order valence-corrected chi connectivity index (χ3v) is 4.51. The van der Waals surface area contributed by atoms with Crippen LogP contribution in [0, 0.1) is 5.92 Å². The van der Waals surface area contributed by atoms with Gasteiger partial charge in [0.2, 0.25) is 11.8 Å². The Balaban J connectivity index is 1.52. The molecular formula is C18H23N5O2. The number of aryl methyl sites for hydroxylation is 1. The van der Waals surface area contributed by atoms with Gasteiger partial charge in [-0.2, -0.15) is 5.10 Å². The molecular weight excluding hydrogens is 318 g/mol. The molecule has 1 saturated heterocycles. The quantitative estimate of drug-likeness (QED) is 0.781. The van der Waals surface area contributed by atoms with Crippen LogP contribution in [-0.4, -0.2) is 56.5 Å². The molecule has 0 aliphatic carbocycles. The van der Waals surface area contributed by atoms with E-state index in [0.29, 0.717) is 19.6 Å². The first-order valence-electron chi connectivity index (χ1n) is 8.43. The topological polar surface area (TPSA) is 71.3 Å². The summed E-state index contributed by atoms with van der Waals surface area (Å²) in [6.45, 7) is 1.55.